The average molecular weight is 411 g/mol. The van der Waals surface area contributed by atoms with Crippen LogP contribution in [0, 0.1) is 0 Å². The minimum atomic E-state index is -4.66. The Morgan fingerprint density at radius 1 is 1.28 bits per heavy atom. The van der Waals surface area contributed by atoms with Gasteiger partial charge in [0.1, 0.15) is 11.8 Å². The number of urea groups is 1. The maximum absolute atomic E-state index is 13.0. The van der Waals surface area contributed by atoms with E-state index in [2.05, 4.69) is 10.6 Å². The zero-order valence-corrected chi connectivity index (χ0v) is 15.1. The molecule has 1 unspecified atom stereocenters. The van der Waals surface area contributed by atoms with Gasteiger partial charge in [-0.15, -0.1) is 0 Å². The average Bonchev–Trinajstić information content (AvgIpc) is 3.17. The van der Waals surface area contributed by atoms with E-state index in [9.17, 15) is 27.6 Å². The number of aromatic nitrogens is 1. The molecule has 2 amide bonds. The number of alkyl halides is 3. The molecule has 1 aliphatic rings. The van der Waals surface area contributed by atoms with Crippen LogP contribution in [0.5, 0.6) is 0 Å². The molecule has 154 valence electrons. The second kappa shape index (κ2) is 7.86. The molecule has 2 aromatic rings. The van der Waals surface area contributed by atoms with Crippen molar-refractivity contribution in [2.45, 2.75) is 25.7 Å². The molecule has 2 aromatic heterocycles. The highest BCUT2D eigenvalue weighted by atomic mass is 19.4. The van der Waals surface area contributed by atoms with E-state index in [4.69, 9.17) is 9.15 Å². The van der Waals surface area contributed by atoms with Crippen LogP contribution in [0.3, 0.4) is 0 Å². The van der Waals surface area contributed by atoms with Crippen LogP contribution in [0.25, 0.3) is 0 Å². The van der Waals surface area contributed by atoms with E-state index in [1.165, 1.54) is 12.3 Å². The third kappa shape index (κ3) is 4.33. The molecule has 0 aromatic carbocycles. The van der Waals surface area contributed by atoms with E-state index in [1.807, 2.05) is 0 Å². The molecule has 0 radical (unpaired) electrons. The van der Waals surface area contributed by atoms with Crippen molar-refractivity contribution in [3.63, 3.8) is 0 Å². The summed E-state index contributed by atoms with van der Waals surface area (Å²) in [4.78, 5) is 36.7. The number of ether oxygens (including phenoxy) is 1. The lowest BCUT2D eigenvalue weighted by molar-refractivity contribution is -0.139. The second-order valence-corrected chi connectivity index (χ2v) is 6.04. The van der Waals surface area contributed by atoms with Crippen molar-refractivity contribution in [3.05, 3.63) is 69.7 Å². The Labute approximate surface area is 161 Å². The minimum Gasteiger partial charge on any atom is -0.467 e. The number of carbonyl (C=O) groups excluding carboxylic acids is 2. The van der Waals surface area contributed by atoms with Gasteiger partial charge in [0.15, 0.2) is 0 Å². The molecule has 0 bridgehead atoms. The fourth-order valence-electron chi connectivity index (χ4n) is 2.85. The van der Waals surface area contributed by atoms with E-state index in [-0.39, 0.29) is 23.6 Å². The SMILES string of the molecule is CCOC(=O)C1=C(Cn2cc(C(F)(F)F)ccc2=O)NC(=O)NC1c1ccco1. The standard InChI is InChI=1S/C18H16F3N3O5/c1-2-28-16(26)14-11(22-17(27)23-15(14)12-4-3-7-29-12)9-24-8-10(18(19,20)21)5-6-13(24)25/h3-8,15H,2,9H2,1H3,(H2,22,23,27). The van der Waals surface area contributed by atoms with Gasteiger partial charge in [-0.2, -0.15) is 13.2 Å². The molecule has 0 aliphatic carbocycles. The first-order chi connectivity index (χ1) is 13.7. The molecule has 1 aliphatic heterocycles. The van der Waals surface area contributed by atoms with Crippen LogP contribution in [0.15, 0.2) is 57.2 Å². The Bertz CT molecular complexity index is 1010. The molecule has 0 spiro atoms. The summed E-state index contributed by atoms with van der Waals surface area (Å²) in [6.07, 6.45) is -2.71. The molecule has 0 saturated carbocycles. The number of allylic oxidation sites excluding steroid dienone is 1. The van der Waals surface area contributed by atoms with E-state index in [0.717, 1.165) is 10.6 Å². The number of nitrogens with one attached hydrogen (secondary N) is 2. The molecule has 3 rings (SSSR count). The quantitative estimate of drug-likeness (QED) is 0.736. The maximum Gasteiger partial charge on any atom is 0.417 e. The highest BCUT2D eigenvalue weighted by Crippen LogP contribution is 2.30. The van der Waals surface area contributed by atoms with E-state index in [1.54, 1.807) is 13.0 Å². The monoisotopic (exact) mass is 411 g/mol. The topological polar surface area (TPSA) is 103 Å². The summed E-state index contributed by atoms with van der Waals surface area (Å²) in [7, 11) is 0. The number of hydrogen-bond acceptors (Lipinski definition) is 5. The predicted molar refractivity (Wildman–Crippen MR) is 92.5 cm³/mol. The first kappa shape index (κ1) is 20.2. The van der Waals surface area contributed by atoms with Crippen LogP contribution < -0.4 is 16.2 Å². The molecule has 1 atom stereocenters. The molecule has 8 nitrogen and oxygen atoms in total. The number of halogens is 3. The van der Waals surface area contributed by atoms with E-state index >= 15 is 0 Å². The lowest BCUT2D eigenvalue weighted by Crippen LogP contribution is -2.47. The van der Waals surface area contributed by atoms with Crippen molar-refractivity contribution in [1.29, 1.82) is 0 Å². The molecule has 3 heterocycles. The van der Waals surface area contributed by atoms with Crippen LogP contribution in [0.1, 0.15) is 24.3 Å². The van der Waals surface area contributed by atoms with Crippen molar-refractivity contribution in [3.8, 4) is 0 Å². The van der Waals surface area contributed by atoms with Crippen LogP contribution >= 0.6 is 0 Å². The highest BCUT2D eigenvalue weighted by Gasteiger charge is 2.36. The number of esters is 1. The van der Waals surface area contributed by atoms with Crippen molar-refractivity contribution in [2.75, 3.05) is 6.61 Å². The summed E-state index contributed by atoms with van der Waals surface area (Å²) in [5.74, 6) is -0.590. The van der Waals surface area contributed by atoms with Crippen molar-refractivity contribution >= 4 is 12.0 Å². The summed E-state index contributed by atoms with van der Waals surface area (Å²) in [6.45, 7) is 1.12. The molecular formula is C18H16F3N3O5. The van der Waals surface area contributed by atoms with Gasteiger partial charge in [-0.25, -0.2) is 9.59 Å². The van der Waals surface area contributed by atoms with Crippen LogP contribution in [-0.4, -0.2) is 23.2 Å². The lowest BCUT2D eigenvalue weighted by Gasteiger charge is -2.28. The Kier molecular flexibility index (Phi) is 5.48. The lowest BCUT2D eigenvalue weighted by atomic mass is 10.00. The molecule has 2 N–H and O–H groups in total. The summed E-state index contributed by atoms with van der Waals surface area (Å²) < 4.78 is 50.0. The number of pyridine rings is 1. The third-order valence-corrected chi connectivity index (χ3v) is 4.12. The van der Waals surface area contributed by atoms with E-state index < -0.39 is 41.9 Å². The molecule has 0 saturated heterocycles. The zero-order valence-electron chi connectivity index (χ0n) is 15.1. The van der Waals surface area contributed by atoms with Crippen molar-refractivity contribution in [2.24, 2.45) is 0 Å². The van der Waals surface area contributed by atoms with E-state index in [0.29, 0.717) is 12.3 Å². The van der Waals surface area contributed by atoms with Gasteiger partial charge in [-0.1, -0.05) is 0 Å². The minimum absolute atomic E-state index is 0.0257. The van der Waals surface area contributed by atoms with Gasteiger partial charge in [0, 0.05) is 12.3 Å². The Hall–Kier alpha value is -3.50. The summed E-state index contributed by atoms with van der Waals surface area (Å²) in [5.41, 5.74) is -1.94. The molecular weight excluding hydrogens is 395 g/mol. The number of carbonyl (C=O) groups is 2. The smallest absolute Gasteiger partial charge is 0.417 e. The number of furan rings is 1. The first-order valence-electron chi connectivity index (χ1n) is 8.49. The summed E-state index contributed by atoms with van der Waals surface area (Å²) in [6, 6.07) is 2.74. The predicted octanol–water partition coefficient (Wildman–Crippen LogP) is 2.33. The van der Waals surface area contributed by atoms with Gasteiger partial charge in [0.05, 0.1) is 36.2 Å². The Balaban J connectivity index is 2.10. The largest absolute Gasteiger partial charge is 0.467 e. The first-order valence-corrected chi connectivity index (χ1v) is 8.49. The van der Waals surface area contributed by atoms with Gasteiger partial charge in [-0.05, 0) is 25.1 Å². The van der Waals surface area contributed by atoms with Crippen LogP contribution in [-0.2, 0) is 22.3 Å². The third-order valence-electron chi connectivity index (χ3n) is 4.12. The zero-order chi connectivity index (χ0) is 21.2. The van der Waals surface area contributed by atoms with Gasteiger partial charge >= 0.3 is 18.2 Å². The van der Waals surface area contributed by atoms with Gasteiger partial charge in [-0.3, -0.25) is 4.79 Å². The fraction of sp³-hybridized carbons (Fsp3) is 0.278. The second-order valence-electron chi connectivity index (χ2n) is 6.04. The number of hydrogen-bond donors (Lipinski definition) is 2. The van der Waals surface area contributed by atoms with Gasteiger partial charge in [0.2, 0.25) is 0 Å². The number of amides is 2. The van der Waals surface area contributed by atoms with Crippen LogP contribution in [0.4, 0.5) is 18.0 Å². The molecule has 11 heteroatoms. The summed E-state index contributed by atoms with van der Waals surface area (Å²) in [5, 5.41) is 4.88. The van der Waals surface area contributed by atoms with Gasteiger partial charge in [0.25, 0.3) is 5.56 Å². The van der Waals surface area contributed by atoms with Crippen molar-refractivity contribution in [1.82, 2.24) is 15.2 Å². The summed E-state index contributed by atoms with van der Waals surface area (Å²) >= 11 is 0. The normalized spacial score (nSPS) is 17.0. The molecule has 0 fully saturated rings. The maximum atomic E-state index is 13.0. The molecule has 29 heavy (non-hydrogen) atoms. The van der Waals surface area contributed by atoms with Gasteiger partial charge < -0.3 is 24.4 Å². The highest BCUT2D eigenvalue weighted by molar-refractivity contribution is 5.94. The fourth-order valence-corrected chi connectivity index (χ4v) is 2.85. The Morgan fingerprint density at radius 2 is 2.03 bits per heavy atom. The Morgan fingerprint density at radius 3 is 2.66 bits per heavy atom. The van der Waals surface area contributed by atoms with Crippen molar-refractivity contribution < 1.29 is 31.9 Å². The number of nitrogens with zero attached hydrogens (tertiary/aromatic N) is 1. The number of rotatable bonds is 5. The van der Waals surface area contributed by atoms with Crippen LogP contribution in [0.2, 0.25) is 0 Å².